The van der Waals surface area contributed by atoms with E-state index in [0.29, 0.717) is 0 Å². The van der Waals surface area contributed by atoms with Gasteiger partial charge in [0.05, 0.1) is 3.79 Å². The number of carbonyl (C=O) groups excluding carboxylic acids is 1. The second-order valence-electron chi connectivity index (χ2n) is 2.55. The summed E-state index contributed by atoms with van der Waals surface area (Å²) in [5, 5.41) is 1.01. The van der Waals surface area contributed by atoms with Crippen molar-refractivity contribution in [2.75, 3.05) is 0 Å². The van der Waals surface area contributed by atoms with Crippen LogP contribution in [0.15, 0.2) is 26.5 Å². The summed E-state index contributed by atoms with van der Waals surface area (Å²) in [4.78, 5) is 10.8. The van der Waals surface area contributed by atoms with Gasteiger partial charge >= 0.3 is 0 Å². The molecule has 0 spiro atoms. The summed E-state index contributed by atoms with van der Waals surface area (Å²) in [7, 11) is 0. The minimum atomic E-state index is 0.743. The second-order valence-corrected chi connectivity index (χ2v) is 5.83. The van der Waals surface area contributed by atoms with Gasteiger partial charge in [0, 0.05) is 20.1 Å². The molecule has 0 bridgehead atoms. The van der Waals surface area contributed by atoms with Crippen molar-refractivity contribution in [2.45, 2.75) is 0 Å². The van der Waals surface area contributed by atoms with E-state index in [0.717, 1.165) is 30.2 Å². The fraction of sp³-hybridized carbons (Fsp3) is 0. The number of rotatable bonds is 1. The molecule has 0 saturated heterocycles. The van der Waals surface area contributed by atoms with E-state index in [9.17, 15) is 4.79 Å². The highest BCUT2D eigenvalue weighted by molar-refractivity contribution is 9.11. The van der Waals surface area contributed by atoms with Crippen LogP contribution in [-0.2, 0) is 0 Å². The van der Waals surface area contributed by atoms with Crippen molar-refractivity contribution in [2.24, 2.45) is 0 Å². The van der Waals surface area contributed by atoms with E-state index in [4.69, 9.17) is 0 Å². The van der Waals surface area contributed by atoms with E-state index in [-0.39, 0.29) is 0 Å². The van der Waals surface area contributed by atoms with E-state index < -0.39 is 0 Å². The first-order valence-corrected chi connectivity index (χ1v) is 5.95. The molecule has 1 aromatic carbocycles. The summed E-state index contributed by atoms with van der Waals surface area (Å²) < 4.78 is 3.05. The third-order valence-corrected chi connectivity index (χ3v) is 4.13. The van der Waals surface area contributed by atoms with Gasteiger partial charge in [-0.05, 0) is 28.1 Å². The first-order valence-electron chi connectivity index (χ1n) is 3.55. The molecule has 0 fully saturated rings. The number of thiophene rings is 1. The third-order valence-electron chi connectivity index (χ3n) is 1.76. The fourth-order valence-corrected chi connectivity index (χ4v) is 3.45. The lowest BCUT2D eigenvalue weighted by Gasteiger charge is -1.90. The zero-order valence-electron chi connectivity index (χ0n) is 6.38. The van der Waals surface area contributed by atoms with Crippen LogP contribution in [0.4, 0.5) is 0 Å². The van der Waals surface area contributed by atoms with Gasteiger partial charge in [-0.15, -0.1) is 11.3 Å². The Morgan fingerprint density at radius 1 is 1.31 bits per heavy atom. The molecule has 13 heavy (non-hydrogen) atoms. The van der Waals surface area contributed by atoms with Gasteiger partial charge in [0.25, 0.3) is 0 Å². The molecule has 0 N–H and O–H groups in total. The predicted octanol–water partition coefficient (Wildman–Crippen LogP) is 4.24. The lowest BCUT2D eigenvalue weighted by Crippen LogP contribution is -1.75. The number of fused-ring (bicyclic) bond motifs is 1. The molecule has 4 heteroatoms. The molecule has 2 aromatic rings. The fourth-order valence-electron chi connectivity index (χ4n) is 1.17. The zero-order valence-corrected chi connectivity index (χ0v) is 10.4. The molecule has 1 heterocycles. The van der Waals surface area contributed by atoms with Gasteiger partial charge in [-0.1, -0.05) is 22.0 Å². The lowest BCUT2D eigenvalue weighted by molar-refractivity contribution is 0.112. The molecule has 66 valence electrons. The van der Waals surface area contributed by atoms with Crippen molar-refractivity contribution in [3.05, 3.63) is 32.0 Å². The maximum atomic E-state index is 10.8. The van der Waals surface area contributed by atoms with E-state index in [2.05, 4.69) is 31.9 Å². The van der Waals surface area contributed by atoms with Crippen molar-refractivity contribution < 1.29 is 4.79 Å². The highest BCUT2D eigenvalue weighted by Crippen LogP contribution is 2.35. The van der Waals surface area contributed by atoms with Crippen LogP contribution in [0.25, 0.3) is 10.1 Å². The first-order chi connectivity index (χ1) is 6.22. The molecule has 0 aliphatic heterocycles. The van der Waals surface area contributed by atoms with Crippen molar-refractivity contribution in [1.29, 1.82) is 0 Å². The van der Waals surface area contributed by atoms with E-state index in [1.54, 1.807) is 11.3 Å². The molecule has 1 nitrogen and oxygen atoms in total. The van der Waals surface area contributed by atoms with Gasteiger partial charge < -0.3 is 0 Å². The van der Waals surface area contributed by atoms with Crippen molar-refractivity contribution in [3.63, 3.8) is 0 Å². The van der Waals surface area contributed by atoms with Crippen LogP contribution in [0.5, 0.6) is 0 Å². The average Bonchev–Trinajstić information content (AvgIpc) is 2.39. The summed E-state index contributed by atoms with van der Waals surface area (Å²) in [5.41, 5.74) is 0.743. The highest BCUT2D eigenvalue weighted by Gasteiger charge is 2.08. The standard InChI is InChI=1S/C9H4Br2OS/c10-5-1-2-6-7(4-12)9(11)13-8(6)3-5/h1-4H. The summed E-state index contributed by atoms with van der Waals surface area (Å²) in [6.07, 6.45) is 0.886. The molecular formula is C9H4Br2OS. The number of halogens is 2. The first kappa shape index (κ1) is 9.37. The van der Waals surface area contributed by atoms with Gasteiger partial charge in [0.1, 0.15) is 0 Å². The minimum absolute atomic E-state index is 0.743. The minimum Gasteiger partial charge on any atom is -0.298 e. The van der Waals surface area contributed by atoms with Crippen LogP contribution in [0.3, 0.4) is 0 Å². The number of carbonyl (C=O) groups is 1. The largest absolute Gasteiger partial charge is 0.298 e. The Morgan fingerprint density at radius 2 is 2.08 bits per heavy atom. The lowest BCUT2D eigenvalue weighted by atomic mass is 10.2. The monoisotopic (exact) mass is 318 g/mol. The van der Waals surface area contributed by atoms with Crippen LogP contribution in [0, 0.1) is 0 Å². The maximum Gasteiger partial charge on any atom is 0.152 e. The molecule has 1 aromatic heterocycles. The Balaban J connectivity index is 2.86. The molecule has 0 aliphatic rings. The van der Waals surface area contributed by atoms with Gasteiger partial charge in [-0.2, -0.15) is 0 Å². The molecule has 0 radical (unpaired) electrons. The van der Waals surface area contributed by atoms with Crippen LogP contribution >= 0.6 is 43.2 Å². The number of benzene rings is 1. The summed E-state index contributed by atoms with van der Waals surface area (Å²) in [6, 6.07) is 5.90. The topological polar surface area (TPSA) is 17.1 Å². The molecule has 0 amide bonds. The number of hydrogen-bond acceptors (Lipinski definition) is 2. The average molecular weight is 320 g/mol. The number of hydrogen-bond donors (Lipinski definition) is 0. The van der Waals surface area contributed by atoms with E-state index in [1.807, 2.05) is 18.2 Å². The Kier molecular flexibility index (Phi) is 2.53. The summed E-state index contributed by atoms with van der Waals surface area (Å²) >= 11 is 8.33. The smallest absolute Gasteiger partial charge is 0.152 e. The van der Waals surface area contributed by atoms with Crippen molar-refractivity contribution >= 4 is 59.6 Å². The maximum absolute atomic E-state index is 10.8. The Bertz CT molecular complexity index is 476. The summed E-state index contributed by atoms with van der Waals surface area (Å²) in [6.45, 7) is 0. The SMILES string of the molecule is O=Cc1c(Br)sc2cc(Br)ccc12. The highest BCUT2D eigenvalue weighted by atomic mass is 79.9. The Hall–Kier alpha value is -0.190. The van der Waals surface area contributed by atoms with Crippen LogP contribution < -0.4 is 0 Å². The Labute approximate surface area is 96.0 Å². The quantitative estimate of drug-likeness (QED) is 0.719. The molecule has 0 aliphatic carbocycles. The van der Waals surface area contributed by atoms with Gasteiger partial charge in [-0.25, -0.2) is 0 Å². The molecular weight excluding hydrogens is 316 g/mol. The predicted molar refractivity (Wildman–Crippen MR) is 62.6 cm³/mol. The normalized spacial score (nSPS) is 10.6. The van der Waals surface area contributed by atoms with Gasteiger partial charge in [0.2, 0.25) is 0 Å². The third kappa shape index (κ3) is 1.58. The van der Waals surface area contributed by atoms with Crippen LogP contribution in [-0.4, -0.2) is 6.29 Å². The van der Waals surface area contributed by atoms with Crippen LogP contribution in [0.2, 0.25) is 0 Å². The molecule has 2 rings (SSSR count). The zero-order chi connectivity index (χ0) is 9.42. The summed E-state index contributed by atoms with van der Waals surface area (Å²) in [5.74, 6) is 0. The molecule has 0 saturated carbocycles. The number of aldehydes is 1. The van der Waals surface area contributed by atoms with Crippen molar-refractivity contribution in [3.8, 4) is 0 Å². The van der Waals surface area contributed by atoms with Crippen LogP contribution in [0.1, 0.15) is 10.4 Å². The second kappa shape index (κ2) is 3.52. The Morgan fingerprint density at radius 3 is 2.77 bits per heavy atom. The van der Waals surface area contributed by atoms with Gasteiger partial charge in [0.15, 0.2) is 6.29 Å². The van der Waals surface area contributed by atoms with E-state index in [1.165, 1.54) is 0 Å². The van der Waals surface area contributed by atoms with Crippen molar-refractivity contribution in [1.82, 2.24) is 0 Å². The van der Waals surface area contributed by atoms with Gasteiger partial charge in [-0.3, -0.25) is 4.79 Å². The van der Waals surface area contributed by atoms with E-state index >= 15 is 0 Å². The molecule has 0 unspecified atom stereocenters. The molecule has 0 atom stereocenters.